The van der Waals surface area contributed by atoms with Gasteiger partial charge in [-0.05, 0) is 61.7 Å². The molecule has 0 aromatic heterocycles. The van der Waals surface area contributed by atoms with Crippen molar-refractivity contribution >= 4 is 28.3 Å². The van der Waals surface area contributed by atoms with E-state index in [1.54, 1.807) is 12.1 Å². The van der Waals surface area contributed by atoms with Crippen molar-refractivity contribution in [3.05, 3.63) is 34.1 Å². The van der Waals surface area contributed by atoms with Crippen molar-refractivity contribution in [3.63, 3.8) is 0 Å². The van der Waals surface area contributed by atoms with Crippen LogP contribution in [0, 0.1) is 17.7 Å². The summed E-state index contributed by atoms with van der Waals surface area (Å²) in [6.07, 6.45) is 1.27. The van der Waals surface area contributed by atoms with E-state index in [2.05, 4.69) is 26.1 Å². The quantitative estimate of drug-likeness (QED) is 0.883. The molecule has 2 saturated heterocycles. The summed E-state index contributed by atoms with van der Waals surface area (Å²) in [7, 11) is 0. The number of hydrogen-bond acceptors (Lipinski definition) is 2. The molecule has 0 amide bonds. The Morgan fingerprint density at radius 2 is 2.11 bits per heavy atom. The highest BCUT2D eigenvalue weighted by Gasteiger charge is 2.32. The first-order valence-electron chi connectivity index (χ1n) is 6.59. The van der Waals surface area contributed by atoms with E-state index in [0.29, 0.717) is 0 Å². The van der Waals surface area contributed by atoms with Crippen LogP contribution in [0.15, 0.2) is 22.7 Å². The SMILES string of the molecule is Cl.Fc1ccc(Br)c(CN2CCC3CNCC3C2)c1. The van der Waals surface area contributed by atoms with Crippen LogP contribution in [0.5, 0.6) is 0 Å². The van der Waals surface area contributed by atoms with E-state index in [0.717, 1.165) is 48.1 Å². The Morgan fingerprint density at radius 3 is 2.95 bits per heavy atom. The van der Waals surface area contributed by atoms with Gasteiger partial charge >= 0.3 is 0 Å². The lowest BCUT2D eigenvalue weighted by molar-refractivity contribution is 0.142. The zero-order chi connectivity index (χ0) is 12.5. The molecule has 2 unspecified atom stereocenters. The molecule has 2 nitrogen and oxygen atoms in total. The molecule has 5 heteroatoms. The lowest BCUT2D eigenvalue weighted by atomic mass is 9.88. The summed E-state index contributed by atoms with van der Waals surface area (Å²) >= 11 is 3.51. The van der Waals surface area contributed by atoms with Gasteiger partial charge in [-0.15, -0.1) is 12.4 Å². The summed E-state index contributed by atoms with van der Waals surface area (Å²) in [5.74, 6) is 1.49. The van der Waals surface area contributed by atoms with E-state index in [1.165, 1.54) is 19.0 Å². The number of rotatable bonds is 2. The number of piperidine rings is 1. The molecule has 1 aromatic carbocycles. The number of likely N-dealkylation sites (tertiary alicyclic amines) is 1. The van der Waals surface area contributed by atoms with Gasteiger partial charge in [-0.25, -0.2) is 4.39 Å². The molecule has 2 atom stereocenters. The lowest BCUT2D eigenvalue weighted by Gasteiger charge is -2.34. The van der Waals surface area contributed by atoms with Crippen molar-refractivity contribution in [2.45, 2.75) is 13.0 Å². The van der Waals surface area contributed by atoms with Crippen LogP contribution in [0.3, 0.4) is 0 Å². The summed E-state index contributed by atoms with van der Waals surface area (Å²) in [5.41, 5.74) is 1.06. The first-order chi connectivity index (χ1) is 8.72. The van der Waals surface area contributed by atoms with E-state index >= 15 is 0 Å². The Bertz CT molecular complexity index is 443. The molecule has 2 aliphatic rings. The average molecular weight is 350 g/mol. The Labute approximate surface area is 128 Å². The topological polar surface area (TPSA) is 15.3 Å². The second kappa shape index (κ2) is 6.53. The first kappa shape index (κ1) is 15.2. The molecule has 0 bridgehead atoms. The van der Waals surface area contributed by atoms with Crippen molar-refractivity contribution in [1.82, 2.24) is 10.2 Å². The van der Waals surface area contributed by atoms with E-state index < -0.39 is 0 Å². The summed E-state index contributed by atoms with van der Waals surface area (Å²) in [4.78, 5) is 2.45. The highest BCUT2D eigenvalue weighted by Crippen LogP contribution is 2.28. The molecular formula is C14H19BrClFN2. The average Bonchev–Trinajstić information content (AvgIpc) is 2.81. The van der Waals surface area contributed by atoms with E-state index in [-0.39, 0.29) is 18.2 Å². The molecule has 2 heterocycles. The van der Waals surface area contributed by atoms with Gasteiger partial charge in [-0.2, -0.15) is 0 Å². The summed E-state index contributed by atoms with van der Waals surface area (Å²) in [6, 6.07) is 4.94. The van der Waals surface area contributed by atoms with Crippen molar-refractivity contribution < 1.29 is 4.39 Å². The Morgan fingerprint density at radius 1 is 1.32 bits per heavy atom. The van der Waals surface area contributed by atoms with Gasteiger partial charge in [-0.3, -0.25) is 4.90 Å². The Hall–Kier alpha value is -0.160. The van der Waals surface area contributed by atoms with Crippen LogP contribution in [0.25, 0.3) is 0 Å². The molecule has 0 saturated carbocycles. The molecule has 2 fully saturated rings. The maximum atomic E-state index is 13.3. The second-order valence-corrected chi connectivity index (χ2v) is 6.29. The zero-order valence-corrected chi connectivity index (χ0v) is 13.1. The standard InChI is InChI=1S/C14H18BrFN2.ClH/c15-14-2-1-13(16)5-11(14)8-18-4-3-10-6-17-7-12(10)9-18;/h1-2,5,10,12,17H,3-4,6-9H2;1H. The summed E-state index contributed by atoms with van der Waals surface area (Å²) in [5, 5.41) is 3.47. The van der Waals surface area contributed by atoms with Crippen LogP contribution in [-0.2, 0) is 6.54 Å². The smallest absolute Gasteiger partial charge is 0.123 e. The highest BCUT2D eigenvalue weighted by molar-refractivity contribution is 9.10. The minimum absolute atomic E-state index is 0. The predicted octanol–water partition coefficient (Wildman–Crippen LogP) is 3.05. The number of nitrogens with zero attached hydrogens (tertiary/aromatic N) is 1. The molecule has 0 spiro atoms. The van der Waals surface area contributed by atoms with Gasteiger partial charge in [0, 0.05) is 17.6 Å². The molecule has 0 aliphatic carbocycles. The van der Waals surface area contributed by atoms with Crippen molar-refractivity contribution in [2.24, 2.45) is 11.8 Å². The van der Waals surface area contributed by atoms with E-state index in [9.17, 15) is 4.39 Å². The third kappa shape index (κ3) is 3.48. The normalized spacial score (nSPS) is 26.8. The van der Waals surface area contributed by atoms with Crippen LogP contribution < -0.4 is 5.32 Å². The number of halogens is 3. The zero-order valence-electron chi connectivity index (χ0n) is 10.7. The first-order valence-corrected chi connectivity index (χ1v) is 7.38. The Balaban J connectivity index is 0.00000133. The van der Waals surface area contributed by atoms with Gasteiger partial charge in [0.05, 0.1) is 0 Å². The number of fused-ring (bicyclic) bond motifs is 1. The monoisotopic (exact) mass is 348 g/mol. The molecule has 106 valence electrons. The van der Waals surface area contributed by atoms with Gasteiger partial charge < -0.3 is 5.32 Å². The van der Waals surface area contributed by atoms with E-state index in [1.807, 2.05) is 0 Å². The fourth-order valence-electron chi connectivity index (χ4n) is 3.16. The molecule has 2 aliphatic heterocycles. The number of benzene rings is 1. The van der Waals surface area contributed by atoms with Gasteiger partial charge in [0.25, 0.3) is 0 Å². The largest absolute Gasteiger partial charge is 0.316 e. The molecule has 1 aromatic rings. The van der Waals surface area contributed by atoms with Gasteiger partial charge in [0.2, 0.25) is 0 Å². The fraction of sp³-hybridized carbons (Fsp3) is 0.571. The molecule has 1 N–H and O–H groups in total. The van der Waals surface area contributed by atoms with Gasteiger partial charge in [0.15, 0.2) is 0 Å². The van der Waals surface area contributed by atoms with E-state index in [4.69, 9.17) is 0 Å². The minimum Gasteiger partial charge on any atom is -0.316 e. The third-order valence-corrected chi connectivity index (χ3v) is 4.96. The third-order valence-electron chi connectivity index (χ3n) is 4.19. The Kier molecular flexibility index (Phi) is 5.23. The molecule has 19 heavy (non-hydrogen) atoms. The predicted molar refractivity (Wildman–Crippen MR) is 81.1 cm³/mol. The summed E-state index contributed by atoms with van der Waals surface area (Å²) < 4.78 is 14.3. The van der Waals surface area contributed by atoms with Crippen LogP contribution in [0.2, 0.25) is 0 Å². The van der Waals surface area contributed by atoms with Crippen LogP contribution in [-0.4, -0.2) is 31.1 Å². The van der Waals surface area contributed by atoms with Crippen LogP contribution in [0.1, 0.15) is 12.0 Å². The highest BCUT2D eigenvalue weighted by atomic mass is 79.9. The molecular weight excluding hydrogens is 331 g/mol. The number of nitrogens with one attached hydrogen (secondary N) is 1. The van der Waals surface area contributed by atoms with Gasteiger partial charge in [0.1, 0.15) is 5.82 Å². The van der Waals surface area contributed by atoms with Crippen LogP contribution >= 0.6 is 28.3 Å². The maximum Gasteiger partial charge on any atom is 0.123 e. The fourth-order valence-corrected chi connectivity index (χ4v) is 3.53. The lowest BCUT2D eigenvalue weighted by Crippen LogP contribution is -2.39. The van der Waals surface area contributed by atoms with Crippen LogP contribution in [0.4, 0.5) is 4.39 Å². The molecule has 3 rings (SSSR count). The molecule has 0 radical (unpaired) electrons. The van der Waals surface area contributed by atoms with Crippen molar-refractivity contribution in [1.29, 1.82) is 0 Å². The van der Waals surface area contributed by atoms with Gasteiger partial charge in [-0.1, -0.05) is 15.9 Å². The van der Waals surface area contributed by atoms with Crippen molar-refractivity contribution in [3.8, 4) is 0 Å². The number of hydrogen-bond donors (Lipinski definition) is 1. The second-order valence-electron chi connectivity index (χ2n) is 5.44. The minimum atomic E-state index is -0.148. The maximum absolute atomic E-state index is 13.3. The van der Waals surface area contributed by atoms with Crippen molar-refractivity contribution in [2.75, 3.05) is 26.2 Å². The summed E-state index contributed by atoms with van der Waals surface area (Å²) in [6.45, 7) is 5.45.